The normalized spacial score (nSPS) is 11.4. The molecule has 7 nitrogen and oxygen atoms in total. The lowest BCUT2D eigenvalue weighted by molar-refractivity contribution is -0.118. The molecular weight excluding hydrogens is 318 g/mol. The first-order valence-electron chi connectivity index (χ1n) is 7.18. The molecule has 0 unspecified atom stereocenters. The molecule has 1 amide bonds. The Hall–Kier alpha value is -2.22. The summed E-state index contributed by atoms with van der Waals surface area (Å²) >= 11 is 0. The van der Waals surface area contributed by atoms with Gasteiger partial charge in [-0.2, -0.15) is 4.98 Å². The minimum absolute atomic E-state index is 0.0331. The Morgan fingerprint density at radius 2 is 2.00 bits per heavy atom. The largest absolute Gasteiger partial charge is 0.334 e. The van der Waals surface area contributed by atoms with Gasteiger partial charge in [0.1, 0.15) is 9.84 Å². The van der Waals surface area contributed by atoms with Crippen molar-refractivity contribution in [3.05, 3.63) is 30.1 Å². The molecule has 1 heterocycles. The number of para-hydroxylation sites is 1. The maximum Gasteiger partial charge on any atom is 0.260 e. The molecule has 0 bridgehead atoms. The number of sulfone groups is 1. The molecule has 0 atom stereocenters. The number of carbonyl (C=O) groups excluding carboxylic acids is 1. The van der Waals surface area contributed by atoms with E-state index in [2.05, 4.69) is 10.1 Å². The van der Waals surface area contributed by atoms with Gasteiger partial charge in [0.25, 0.3) is 5.89 Å². The van der Waals surface area contributed by atoms with Gasteiger partial charge in [-0.15, -0.1) is 0 Å². The van der Waals surface area contributed by atoms with Gasteiger partial charge in [0.15, 0.2) is 5.82 Å². The predicted molar refractivity (Wildman–Crippen MR) is 86.8 cm³/mol. The quantitative estimate of drug-likeness (QED) is 0.796. The highest BCUT2D eigenvalue weighted by Gasteiger charge is 2.18. The Kier molecular flexibility index (Phi) is 5.15. The third-order valence-corrected chi connectivity index (χ3v) is 4.28. The van der Waals surface area contributed by atoms with Crippen LogP contribution in [0, 0.1) is 0 Å². The Bertz CT molecular complexity index is 799. The summed E-state index contributed by atoms with van der Waals surface area (Å²) in [6.45, 7) is 1.79. The highest BCUT2D eigenvalue weighted by molar-refractivity contribution is 7.90. The Balaban J connectivity index is 2.29. The first kappa shape index (κ1) is 17.1. The minimum atomic E-state index is -3.09. The van der Waals surface area contributed by atoms with Crippen LogP contribution in [0.5, 0.6) is 0 Å². The van der Waals surface area contributed by atoms with E-state index in [0.29, 0.717) is 23.5 Å². The third kappa shape index (κ3) is 4.38. The average molecular weight is 337 g/mol. The van der Waals surface area contributed by atoms with Gasteiger partial charge in [0.05, 0.1) is 17.0 Å². The van der Waals surface area contributed by atoms with E-state index >= 15 is 0 Å². The van der Waals surface area contributed by atoms with Crippen molar-refractivity contribution in [3.63, 3.8) is 0 Å². The van der Waals surface area contributed by atoms with E-state index in [4.69, 9.17) is 4.52 Å². The molecule has 2 aromatic rings. The van der Waals surface area contributed by atoms with E-state index in [1.54, 1.807) is 26.1 Å². The second-order valence-electron chi connectivity index (χ2n) is 5.22. The number of aryl methyl sites for hydroxylation is 1. The van der Waals surface area contributed by atoms with Gasteiger partial charge in [-0.05, 0) is 12.1 Å². The first-order chi connectivity index (χ1) is 10.8. The third-order valence-electron chi connectivity index (χ3n) is 3.34. The van der Waals surface area contributed by atoms with Crippen LogP contribution in [0.15, 0.2) is 28.8 Å². The fourth-order valence-corrected chi connectivity index (χ4v) is 2.61. The van der Waals surface area contributed by atoms with E-state index in [0.717, 1.165) is 6.26 Å². The number of hydrogen-bond donors (Lipinski definition) is 0. The van der Waals surface area contributed by atoms with Gasteiger partial charge in [-0.25, -0.2) is 8.42 Å². The summed E-state index contributed by atoms with van der Waals surface area (Å²) in [5, 5.41) is 3.81. The van der Waals surface area contributed by atoms with E-state index < -0.39 is 9.84 Å². The lowest BCUT2D eigenvalue weighted by Gasteiger charge is -2.18. The standard InChI is InChI=1S/C15H19N3O4S/c1-4-14(19)18(2)12-8-6-5-7-11(12)15-16-13(17-22-15)9-10-23(3,20)21/h5-8H,4,9-10H2,1-3H3. The summed E-state index contributed by atoms with van der Waals surface area (Å²) in [6, 6.07) is 7.20. The van der Waals surface area contributed by atoms with Gasteiger partial charge in [0.2, 0.25) is 5.91 Å². The summed E-state index contributed by atoms with van der Waals surface area (Å²) in [4.78, 5) is 17.7. The fourth-order valence-electron chi connectivity index (χ4n) is 2.06. The van der Waals surface area contributed by atoms with Crippen molar-refractivity contribution >= 4 is 21.4 Å². The van der Waals surface area contributed by atoms with Gasteiger partial charge in [0, 0.05) is 26.1 Å². The molecule has 1 aromatic carbocycles. The molecule has 0 aliphatic heterocycles. The van der Waals surface area contributed by atoms with Gasteiger partial charge in [-0.1, -0.05) is 24.2 Å². The number of carbonyl (C=O) groups is 1. The molecule has 0 fully saturated rings. The zero-order chi connectivity index (χ0) is 17.0. The van der Waals surface area contributed by atoms with Crippen LogP contribution in [0.25, 0.3) is 11.5 Å². The summed E-state index contributed by atoms with van der Waals surface area (Å²) in [7, 11) is -1.40. The summed E-state index contributed by atoms with van der Waals surface area (Å²) in [5.74, 6) is 0.515. The number of nitrogens with zero attached hydrogens (tertiary/aromatic N) is 3. The Labute approximate surface area is 135 Å². The van der Waals surface area contributed by atoms with Crippen LogP contribution in [-0.2, 0) is 21.1 Å². The SMILES string of the molecule is CCC(=O)N(C)c1ccccc1-c1nc(CCS(C)(=O)=O)no1. The second-order valence-corrected chi connectivity index (χ2v) is 7.48. The lowest BCUT2D eigenvalue weighted by atomic mass is 10.1. The van der Waals surface area contributed by atoms with Crippen LogP contribution in [0.1, 0.15) is 19.2 Å². The second kappa shape index (κ2) is 6.91. The molecule has 0 saturated carbocycles. The topological polar surface area (TPSA) is 93.4 Å². The molecule has 0 aliphatic carbocycles. The molecule has 0 N–H and O–H groups in total. The van der Waals surface area contributed by atoms with Gasteiger partial charge >= 0.3 is 0 Å². The lowest BCUT2D eigenvalue weighted by Crippen LogP contribution is -2.25. The van der Waals surface area contributed by atoms with Crippen LogP contribution in [-0.4, -0.2) is 43.5 Å². The zero-order valence-electron chi connectivity index (χ0n) is 13.3. The Morgan fingerprint density at radius 1 is 1.30 bits per heavy atom. The number of anilines is 1. The smallest absolute Gasteiger partial charge is 0.260 e. The summed E-state index contributed by atoms with van der Waals surface area (Å²) < 4.78 is 27.6. The number of amides is 1. The van der Waals surface area contributed by atoms with Crippen molar-refractivity contribution in [1.29, 1.82) is 0 Å². The van der Waals surface area contributed by atoms with Crippen LogP contribution >= 0.6 is 0 Å². The van der Waals surface area contributed by atoms with Crippen LogP contribution in [0.2, 0.25) is 0 Å². The fraction of sp³-hybridized carbons (Fsp3) is 0.400. The van der Waals surface area contributed by atoms with Gasteiger partial charge in [-0.3, -0.25) is 4.79 Å². The van der Waals surface area contributed by atoms with E-state index in [1.807, 2.05) is 12.1 Å². The number of benzene rings is 1. The van der Waals surface area contributed by atoms with Crippen LogP contribution < -0.4 is 4.90 Å². The molecule has 23 heavy (non-hydrogen) atoms. The highest BCUT2D eigenvalue weighted by Crippen LogP contribution is 2.29. The minimum Gasteiger partial charge on any atom is -0.334 e. The molecule has 0 radical (unpaired) electrons. The molecule has 8 heteroatoms. The van der Waals surface area contributed by atoms with Crippen molar-refractivity contribution < 1.29 is 17.7 Å². The summed E-state index contributed by atoms with van der Waals surface area (Å²) in [5.41, 5.74) is 1.30. The van der Waals surface area contributed by atoms with E-state index in [1.165, 1.54) is 4.90 Å². The van der Waals surface area contributed by atoms with Crippen molar-refractivity contribution in [1.82, 2.24) is 10.1 Å². The van der Waals surface area contributed by atoms with E-state index in [-0.39, 0.29) is 24.0 Å². The number of rotatable bonds is 6. The molecule has 2 rings (SSSR count). The maximum absolute atomic E-state index is 11.9. The first-order valence-corrected chi connectivity index (χ1v) is 9.24. The number of hydrogen-bond acceptors (Lipinski definition) is 6. The monoisotopic (exact) mass is 337 g/mol. The van der Waals surface area contributed by atoms with Crippen LogP contribution in [0.3, 0.4) is 0 Å². The highest BCUT2D eigenvalue weighted by atomic mass is 32.2. The van der Waals surface area contributed by atoms with Crippen molar-refractivity contribution in [2.24, 2.45) is 0 Å². The van der Waals surface area contributed by atoms with Crippen molar-refractivity contribution in [2.75, 3.05) is 24.0 Å². The molecule has 0 spiro atoms. The van der Waals surface area contributed by atoms with E-state index in [9.17, 15) is 13.2 Å². The predicted octanol–water partition coefficient (Wildman–Crippen LogP) is 1.70. The zero-order valence-corrected chi connectivity index (χ0v) is 14.1. The van der Waals surface area contributed by atoms with Gasteiger partial charge < -0.3 is 9.42 Å². The molecular formula is C15H19N3O4S. The van der Waals surface area contributed by atoms with Crippen LogP contribution in [0.4, 0.5) is 5.69 Å². The Morgan fingerprint density at radius 3 is 2.65 bits per heavy atom. The van der Waals surface area contributed by atoms with Crippen molar-refractivity contribution in [2.45, 2.75) is 19.8 Å². The molecule has 1 aromatic heterocycles. The van der Waals surface area contributed by atoms with Crippen molar-refractivity contribution in [3.8, 4) is 11.5 Å². The maximum atomic E-state index is 11.9. The number of aromatic nitrogens is 2. The summed E-state index contributed by atoms with van der Waals surface area (Å²) in [6.07, 6.45) is 1.73. The molecule has 0 aliphatic rings. The molecule has 0 saturated heterocycles. The molecule has 124 valence electrons. The average Bonchev–Trinajstić information content (AvgIpc) is 2.99.